The van der Waals surface area contributed by atoms with Crippen molar-refractivity contribution < 1.29 is 9.90 Å². The number of aromatic nitrogens is 1. The van der Waals surface area contributed by atoms with E-state index in [2.05, 4.69) is 9.88 Å². The zero-order valence-corrected chi connectivity index (χ0v) is 9.80. The fourth-order valence-electron chi connectivity index (χ4n) is 3.26. The van der Waals surface area contributed by atoms with E-state index in [1.54, 1.807) is 6.20 Å². The summed E-state index contributed by atoms with van der Waals surface area (Å²) in [6.45, 7) is 0.489. The molecule has 0 saturated carbocycles. The minimum absolute atomic E-state index is 0.156. The predicted octanol–water partition coefficient (Wildman–Crippen LogP) is 1.19. The number of aliphatic hydroxyl groups is 1. The Morgan fingerprint density at radius 3 is 2.71 bits per heavy atom. The Bertz CT molecular complexity index is 388. The van der Waals surface area contributed by atoms with Gasteiger partial charge in [-0.1, -0.05) is 0 Å². The molecule has 4 nitrogen and oxygen atoms in total. The SMILES string of the molecule is O=C(CN1C2CCC1CC(O)C2)c1ccc[nH]1. The van der Waals surface area contributed by atoms with Gasteiger partial charge in [0.25, 0.3) is 0 Å². The number of ketones is 1. The number of nitrogens with one attached hydrogen (secondary N) is 1. The molecule has 92 valence electrons. The highest BCUT2D eigenvalue weighted by atomic mass is 16.3. The number of Topliss-reactive ketones (excluding diaryl/α,β-unsaturated/α-hetero) is 1. The van der Waals surface area contributed by atoms with Crippen LogP contribution < -0.4 is 0 Å². The molecular formula is C13H18N2O2. The number of carbonyl (C=O) groups excluding carboxylic acids is 1. The highest BCUT2D eigenvalue weighted by Gasteiger charge is 2.40. The van der Waals surface area contributed by atoms with E-state index in [4.69, 9.17) is 0 Å². The van der Waals surface area contributed by atoms with Crippen LogP contribution in [0.5, 0.6) is 0 Å². The summed E-state index contributed by atoms with van der Waals surface area (Å²) in [7, 11) is 0. The van der Waals surface area contributed by atoms with Crippen LogP contribution in [0.1, 0.15) is 36.2 Å². The largest absolute Gasteiger partial charge is 0.393 e. The minimum Gasteiger partial charge on any atom is -0.393 e. The third-order valence-electron chi connectivity index (χ3n) is 4.08. The molecular weight excluding hydrogens is 216 g/mol. The number of carbonyl (C=O) groups is 1. The molecule has 2 aliphatic heterocycles. The number of H-pyrrole nitrogens is 1. The molecule has 2 bridgehead atoms. The Labute approximate surface area is 101 Å². The topological polar surface area (TPSA) is 56.3 Å². The van der Waals surface area contributed by atoms with Crippen molar-refractivity contribution in [3.63, 3.8) is 0 Å². The van der Waals surface area contributed by atoms with E-state index in [-0.39, 0.29) is 11.9 Å². The van der Waals surface area contributed by atoms with Crippen molar-refractivity contribution in [3.05, 3.63) is 24.0 Å². The molecule has 0 aliphatic carbocycles. The number of aliphatic hydroxyl groups excluding tert-OH is 1. The van der Waals surface area contributed by atoms with Crippen LogP contribution >= 0.6 is 0 Å². The summed E-state index contributed by atoms with van der Waals surface area (Å²) < 4.78 is 0. The molecule has 2 unspecified atom stereocenters. The Morgan fingerprint density at radius 1 is 1.41 bits per heavy atom. The second-order valence-corrected chi connectivity index (χ2v) is 5.19. The van der Waals surface area contributed by atoms with Crippen LogP contribution in [0.15, 0.2) is 18.3 Å². The maximum atomic E-state index is 12.0. The van der Waals surface area contributed by atoms with E-state index >= 15 is 0 Å². The maximum absolute atomic E-state index is 12.0. The predicted molar refractivity (Wildman–Crippen MR) is 63.9 cm³/mol. The molecule has 2 atom stereocenters. The van der Waals surface area contributed by atoms with Gasteiger partial charge in [0.1, 0.15) is 0 Å². The standard InChI is InChI=1S/C13H18N2O2/c16-11-6-9-3-4-10(7-11)15(9)8-13(17)12-2-1-5-14-12/h1-2,5,9-11,14,16H,3-4,6-8H2. The van der Waals surface area contributed by atoms with Gasteiger partial charge in [-0.25, -0.2) is 0 Å². The van der Waals surface area contributed by atoms with Gasteiger partial charge in [-0.2, -0.15) is 0 Å². The van der Waals surface area contributed by atoms with Crippen molar-refractivity contribution in [2.75, 3.05) is 6.54 Å². The first-order valence-electron chi connectivity index (χ1n) is 6.34. The van der Waals surface area contributed by atoms with E-state index < -0.39 is 0 Å². The van der Waals surface area contributed by atoms with Crippen molar-refractivity contribution >= 4 is 5.78 Å². The van der Waals surface area contributed by atoms with E-state index in [0.717, 1.165) is 25.7 Å². The summed E-state index contributed by atoms with van der Waals surface area (Å²) in [5.41, 5.74) is 0.690. The zero-order chi connectivity index (χ0) is 11.8. The lowest BCUT2D eigenvalue weighted by Crippen LogP contribution is -2.46. The first-order valence-corrected chi connectivity index (χ1v) is 6.34. The molecule has 1 aromatic rings. The Kier molecular flexibility index (Phi) is 2.76. The fraction of sp³-hybridized carbons (Fsp3) is 0.615. The molecule has 0 aromatic carbocycles. The van der Waals surface area contributed by atoms with Gasteiger partial charge in [0.2, 0.25) is 0 Å². The van der Waals surface area contributed by atoms with Crippen LogP contribution in [0.4, 0.5) is 0 Å². The number of rotatable bonds is 3. The quantitative estimate of drug-likeness (QED) is 0.772. The average Bonchev–Trinajstić information content (AvgIpc) is 2.88. The van der Waals surface area contributed by atoms with Crippen molar-refractivity contribution in [1.82, 2.24) is 9.88 Å². The molecule has 2 N–H and O–H groups in total. The molecule has 0 amide bonds. The van der Waals surface area contributed by atoms with Gasteiger partial charge < -0.3 is 10.1 Å². The number of hydrogen-bond acceptors (Lipinski definition) is 3. The first-order chi connectivity index (χ1) is 8.24. The number of piperidine rings is 1. The molecule has 0 spiro atoms. The average molecular weight is 234 g/mol. The molecule has 17 heavy (non-hydrogen) atoms. The molecule has 1 aromatic heterocycles. The van der Waals surface area contributed by atoms with Crippen molar-refractivity contribution in [1.29, 1.82) is 0 Å². The van der Waals surface area contributed by atoms with Crippen LogP contribution in [0.3, 0.4) is 0 Å². The van der Waals surface area contributed by atoms with Crippen LogP contribution in [0, 0.1) is 0 Å². The van der Waals surface area contributed by atoms with E-state index in [1.807, 2.05) is 12.1 Å². The number of hydrogen-bond donors (Lipinski definition) is 2. The van der Waals surface area contributed by atoms with E-state index in [0.29, 0.717) is 24.3 Å². The fourth-order valence-corrected chi connectivity index (χ4v) is 3.26. The van der Waals surface area contributed by atoms with Crippen LogP contribution in [-0.4, -0.2) is 45.5 Å². The smallest absolute Gasteiger partial charge is 0.192 e. The van der Waals surface area contributed by atoms with Crippen molar-refractivity contribution in [2.24, 2.45) is 0 Å². The molecule has 0 radical (unpaired) electrons. The molecule has 2 saturated heterocycles. The summed E-state index contributed by atoms with van der Waals surface area (Å²) in [5.74, 6) is 0.156. The third-order valence-corrected chi connectivity index (χ3v) is 4.08. The summed E-state index contributed by atoms with van der Waals surface area (Å²) in [6, 6.07) is 4.48. The Hall–Kier alpha value is -1.13. The van der Waals surface area contributed by atoms with Gasteiger partial charge in [0.05, 0.1) is 18.3 Å². The van der Waals surface area contributed by atoms with Gasteiger partial charge >= 0.3 is 0 Å². The highest BCUT2D eigenvalue weighted by molar-refractivity contribution is 5.96. The van der Waals surface area contributed by atoms with Gasteiger partial charge in [0.15, 0.2) is 5.78 Å². The lowest BCUT2D eigenvalue weighted by Gasteiger charge is -2.36. The first kappa shape index (κ1) is 11.0. The number of aromatic amines is 1. The summed E-state index contributed by atoms with van der Waals surface area (Å²) in [6.07, 6.45) is 5.52. The van der Waals surface area contributed by atoms with Crippen LogP contribution in [0.25, 0.3) is 0 Å². The normalized spacial score (nSPS) is 32.9. The summed E-state index contributed by atoms with van der Waals surface area (Å²) in [5, 5.41) is 9.71. The lowest BCUT2D eigenvalue weighted by atomic mass is 9.99. The van der Waals surface area contributed by atoms with E-state index in [1.165, 1.54) is 0 Å². The minimum atomic E-state index is -0.163. The number of fused-ring (bicyclic) bond motifs is 2. The molecule has 3 heterocycles. The summed E-state index contributed by atoms with van der Waals surface area (Å²) >= 11 is 0. The third kappa shape index (κ3) is 2.03. The Balaban J connectivity index is 1.68. The van der Waals surface area contributed by atoms with Gasteiger partial charge in [0, 0.05) is 18.3 Å². The second-order valence-electron chi connectivity index (χ2n) is 5.19. The van der Waals surface area contributed by atoms with E-state index in [9.17, 15) is 9.90 Å². The molecule has 2 fully saturated rings. The lowest BCUT2D eigenvalue weighted by molar-refractivity contribution is 0.0343. The zero-order valence-electron chi connectivity index (χ0n) is 9.80. The van der Waals surface area contributed by atoms with Crippen molar-refractivity contribution in [2.45, 2.75) is 43.9 Å². The summed E-state index contributed by atoms with van der Waals surface area (Å²) in [4.78, 5) is 17.3. The number of nitrogens with zero attached hydrogens (tertiary/aromatic N) is 1. The van der Waals surface area contributed by atoms with Gasteiger partial charge in [-0.05, 0) is 37.8 Å². The monoisotopic (exact) mass is 234 g/mol. The molecule has 2 aliphatic rings. The second kappa shape index (κ2) is 4.27. The molecule has 3 rings (SSSR count). The van der Waals surface area contributed by atoms with Crippen molar-refractivity contribution in [3.8, 4) is 0 Å². The maximum Gasteiger partial charge on any atom is 0.192 e. The van der Waals surface area contributed by atoms with Crippen LogP contribution in [-0.2, 0) is 0 Å². The highest BCUT2D eigenvalue weighted by Crippen LogP contribution is 2.35. The van der Waals surface area contributed by atoms with Crippen LogP contribution in [0.2, 0.25) is 0 Å². The Morgan fingerprint density at radius 2 is 2.12 bits per heavy atom. The molecule has 4 heteroatoms. The van der Waals surface area contributed by atoms with Gasteiger partial charge in [-0.15, -0.1) is 0 Å². The van der Waals surface area contributed by atoms with Gasteiger partial charge in [-0.3, -0.25) is 9.69 Å².